The number of halogens is 1. The monoisotopic (exact) mass is 497 g/mol. The summed E-state index contributed by atoms with van der Waals surface area (Å²) >= 11 is 3.48. The topological polar surface area (TPSA) is 74.4 Å². The largest absolute Gasteiger partial charge is 0.461 e. The molecule has 0 aliphatic heterocycles. The Kier molecular flexibility index (Phi) is 7.75. The first-order chi connectivity index (χ1) is 15.3. The molecule has 3 rings (SSSR count). The summed E-state index contributed by atoms with van der Waals surface area (Å²) in [7, 11) is 0. The standard InChI is InChI=1S/C25H28BrN3O3/c1-5-32-24(30)23-17(3)20(18(4)27-23)15-29(14-19-12-10-16(2)11-13-19)25(31)28-22-9-7-6-8-21(22)26/h6-13,27H,5,14-15H2,1-4H3,(H,28,31). The number of aryl methyl sites for hydroxylation is 2. The van der Waals surface area contributed by atoms with E-state index in [1.54, 1.807) is 11.8 Å². The molecule has 0 unspecified atom stereocenters. The van der Waals surface area contributed by atoms with Crippen molar-refractivity contribution in [2.45, 2.75) is 40.8 Å². The summed E-state index contributed by atoms with van der Waals surface area (Å²) in [5.74, 6) is -0.387. The number of aromatic amines is 1. The number of carbonyl (C=O) groups is 2. The third-order valence-electron chi connectivity index (χ3n) is 5.32. The van der Waals surface area contributed by atoms with Crippen molar-refractivity contribution < 1.29 is 14.3 Å². The Morgan fingerprint density at radius 1 is 1.03 bits per heavy atom. The second-order valence-electron chi connectivity index (χ2n) is 7.70. The zero-order chi connectivity index (χ0) is 23.3. The molecule has 1 aromatic heterocycles. The van der Waals surface area contributed by atoms with Crippen LogP contribution in [0.5, 0.6) is 0 Å². The number of hydrogen-bond acceptors (Lipinski definition) is 3. The Bertz CT molecular complexity index is 1110. The van der Waals surface area contributed by atoms with Crippen molar-refractivity contribution in [1.29, 1.82) is 0 Å². The van der Waals surface area contributed by atoms with Gasteiger partial charge < -0.3 is 19.9 Å². The fourth-order valence-electron chi connectivity index (χ4n) is 3.49. The van der Waals surface area contributed by atoms with Gasteiger partial charge in [0.25, 0.3) is 0 Å². The smallest absolute Gasteiger partial charge is 0.355 e. The minimum absolute atomic E-state index is 0.227. The molecule has 3 aromatic rings. The van der Waals surface area contributed by atoms with Crippen molar-refractivity contribution in [3.8, 4) is 0 Å². The van der Waals surface area contributed by atoms with Gasteiger partial charge in [-0.25, -0.2) is 9.59 Å². The zero-order valence-corrected chi connectivity index (χ0v) is 20.4. The van der Waals surface area contributed by atoms with Crippen molar-refractivity contribution in [2.75, 3.05) is 11.9 Å². The maximum absolute atomic E-state index is 13.3. The van der Waals surface area contributed by atoms with E-state index < -0.39 is 0 Å². The molecular formula is C25H28BrN3O3. The van der Waals surface area contributed by atoms with Gasteiger partial charge in [-0.2, -0.15) is 0 Å². The first-order valence-electron chi connectivity index (χ1n) is 10.5. The molecule has 0 radical (unpaired) electrons. The SMILES string of the molecule is CCOC(=O)c1[nH]c(C)c(CN(Cc2ccc(C)cc2)C(=O)Nc2ccccc2Br)c1C. The van der Waals surface area contributed by atoms with Crippen LogP contribution in [0.2, 0.25) is 0 Å². The molecule has 0 aliphatic rings. The van der Waals surface area contributed by atoms with Gasteiger partial charge in [0.05, 0.1) is 12.3 Å². The molecule has 1 heterocycles. The summed E-state index contributed by atoms with van der Waals surface area (Å²) < 4.78 is 5.97. The van der Waals surface area contributed by atoms with Crippen molar-refractivity contribution in [2.24, 2.45) is 0 Å². The molecule has 6 nitrogen and oxygen atoms in total. The van der Waals surface area contributed by atoms with Gasteiger partial charge in [0.2, 0.25) is 0 Å². The third kappa shape index (κ3) is 5.59. The highest BCUT2D eigenvalue weighted by Crippen LogP contribution is 2.25. The number of carbonyl (C=O) groups excluding carboxylic acids is 2. The lowest BCUT2D eigenvalue weighted by Gasteiger charge is -2.24. The molecule has 0 aliphatic carbocycles. The molecule has 0 atom stereocenters. The summed E-state index contributed by atoms with van der Waals surface area (Å²) in [4.78, 5) is 30.5. The van der Waals surface area contributed by atoms with Crippen molar-refractivity contribution in [1.82, 2.24) is 9.88 Å². The molecule has 2 amide bonds. The molecule has 0 saturated heterocycles. The number of amides is 2. The van der Waals surface area contributed by atoms with E-state index in [-0.39, 0.29) is 12.0 Å². The average molecular weight is 498 g/mol. The molecule has 0 fully saturated rings. The Morgan fingerprint density at radius 2 is 1.72 bits per heavy atom. The second-order valence-corrected chi connectivity index (χ2v) is 8.56. The van der Waals surface area contributed by atoms with Crippen LogP contribution in [0.1, 0.15) is 45.4 Å². The van der Waals surface area contributed by atoms with Crippen molar-refractivity contribution in [3.05, 3.63) is 86.6 Å². The van der Waals surface area contributed by atoms with Crippen molar-refractivity contribution in [3.63, 3.8) is 0 Å². The number of H-pyrrole nitrogens is 1. The normalized spacial score (nSPS) is 10.7. The molecule has 2 aromatic carbocycles. The van der Waals surface area contributed by atoms with Crippen LogP contribution in [0.25, 0.3) is 0 Å². The van der Waals surface area contributed by atoms with Crippen LogP contribution in [-0.4, -0.2) is 28.5 Å². The minimum atomic E-state index is -0.387. The van der Waals surface area contributed by atoms with E-state index in [4.69, 9.17) is 4.74 Å². The van der Waals surface area contributed by atoms with E-state index in [9.17, 15) is 9.59 Å². The van der Waals surface area contributed by atoms with Gasteiger partial charge in [0.1, 0.15) is 5.69 Å². The molecule has 0 spiro atoms. The second kappa shape index (κ2) is 10.5. The van der Waals surface area contributed by atoms with Gasteiger partial charge in [-0.3, -0.25) is 0 Å². The molecule has 7 heteroatoms. The summed E-state index contributed by atoms with van der Waals surface area (Å²) in [6, 6.07) is 15.4. The summed E-state index contributed by atoms with van der Waals surface area (Å²) in [5, 5.41) is 2.99. The fraction of sp³-hybridized carbons (Fsp3) is 0.280. The Hall–Kier alpha value is -3.06. The number of ether oxygens (including phenoxy) is 1. The fourth-order valence-corrected chi connectivity index (χ4v) is 3.88. The molecule has 32 heavy (non-hydrogen) atoms. The van der Waals surface area contributed by atoms with E-state index >= 15 is 0 Å². The van der Waals surface area contributed by atoms with E-state index in [1.165, 1.54) is 0 Å². The van der Waals surface area contributed by atoms with Crippen LogP contribution in [0, 0.1) is 20.8 Å². The van der Waals surface area contributed by atoms with Crippen LogP contribution >= 0.6 is 15.9 Å². The van der Waals surface area contributed by atoms with Crippen LogP contribution < -0.4 is 5.32 Å². The maximum Gasteiger partial charge on any atom is 0.355 e. The Labute approximate surface area is 197 Å². The molecule has 0 bridgehead atoms. The molecule has 0 saturated carbocycles. The number of esters is 1. The quantitative estimate of drug-likeness (QED) is 0.386. The van der Waals surface area contributed by atoms with E-state index in [2.05, 4.69) is 26.2 Å². The summed E-state index contributed by atoms with van der Waals surface area (Å²) in [6.07, 6.45) is 0. The number of anilines is 1. The molecule has 168 valence electrons. The number of aromatic nitrogens is 1. The number of urea groups is 1. The molecule has 2 N–H and O–H groups in total. The highest BCUT2D eigenvalue weighted by atomic mass is 79.9. The van der Waals surface area contributed by atoms with E-state index in [0.29, 0.717) is 31.1 Å². The van der Waals surface area contributed by atoms with Crippen LogP contribution in [0.15, 0.2) is 53.0 Å². The number of rotatable bonds is 7. The third-order valence-corrected chi connectivity index (χ3v) is 6.01. The summed E-state index contributed by atoms with van der Waals surface area (Å²) in [6.45, 7) is 8.66. The predicted molar refractivity (Wildman–Crippen MR) is 130 cm³/mol. The van der Waals surface area contributed by atoms with Crippen LogP contribution in [-0.2, 0) is 17.8 Å². The summed E-state index contributed by atoms with van der Waals surface area (Å²) in [5.41, 5.74) is 5.85. The first-order valence-corrected chi connectivity index (χ1v) is 11.3. The first kappa shape index (κ1) is 23.6. The molecular weight excluding hydrogens is 470 g/mol. The van der Waals surface area contributed by atoms with Gasteiger partial charge in [-0.1, -0.05) is 42.0 Å². The average Bonchev–Trinajstić information content (AvgIpc) is 3.04. The highest BCUT2D eigenvalue weighted by Gasteiger charge is 2.23. The zero-order valence-electron chi connectivity index (χ0n) is 18.8. The van der Waals surface area contributed by atoms with Gasteiger partial charge in [-0.05, 0) is 72.4 Å². The number of para-hydroxylation sites is 1. The number of nitrogens with one attached hydrogen (secondary N) is 2. The van der Waals surface area contributed by atoms with E-state index in [1.807, 2.05) is 69.3 Å². The van der Waals surface area contributed by atoms with Crippen LogP contribution in [0.4, 0.5) is 10.5 Å². The predicted octanol–water partition coefficient (Wildman–Crippen LogP) is 6.11. The van der Waals surface area contributed by atoms with Gasteiger partial charge in [-0.15, -0.1) is 0 Å². The lowest BCUT2D eigenvalue weighted by Crippen LogP contribution is -2.34. The van der Waals surface area contributed by atoms with E-state index in [0.717, 1.165) is 32.4 Å². The lowest BCUT2D eigenvalue weighted by molar-refractivity contribution is 0.0519. The lowest BCUT2D eigenvalue weighted by atomic mass is 10.1. The van der Waals surface area contributed by atoms with Gasteiger partial charge in [0, 0.05) is 23.3 Å². The maximum atomic E-state index is 13.3. The van der Waals surface area contributed by atoms with Gasteiger partial charge >= 0.3 is 12.0 Å². The number of nitrogens with zero attached hydrogens (tertiary/aromatic N) is 1. The Morgan fingerprint density at radius 3 is 2.38 bits per heavy atom. The van der Waals surface area contributed by atoms with Gasteiger partial charge in [0.15, 0.2) is 0 Å². The Balaban J connectivity index is 1.90. The van der Waals surface area contributed by atoms with Crippen molar-refractivity contribution >= 4 is 33.6 Å². The van der Waals surface area contributed by atoms with Crippen LogP contribution in [0.3, 0.4) is 0 Å². The number of hydrogen-bond donors (Lipinski definition) is 2. The minimum Gasteiger partial charge on any atom is -0.461 e. The number of benzene rings is 2. The highest BCUT2D eigenvalue weighted by molar-refractivity contribution is 9.10.